The van der Waals surface area contributed by atoms with Gasteiger partial charge in [0.25, 0.3) is 11.8 Å². The minimum absolute atomic E-state index is 0.262. The minimum atomic E-state index is -0.408. The maximum atomic E-state index is 13.5. The fraction of sp³-hybridized carbons (Fsp3) is 0.120. The molecule has 156 valence electrons. The molecule has 2 amide bonds. The lowest BCUT2D eigenvalue weighted by Crippen LogP contribution is -2.32. The van der Waals surface area contributed by atoms with E-state index in [4.69, 9.17) is 4.74 Å². The minimum Gasteiger partial charge on any atom is -0.495 e. The van der Waals surface area contributed by atoms with E-state index in [1.54, 1.807) is 24.3 Å². The number of carbonyl (C=O) groups is 2. The Morgan fingerprint density at radius 2 is 1.58 bits per heavy atom. The van der Waals surface area contributed by atoms with E-state index in [9.17, 15) is 9.59 Å². The molecule has 0 atom stereocenters. The second-order valence-corrected chi connectivity index (χ2v) is 8.26. The third-order valence-electron chi connectivity index (χ3n) is 4.98. The van der Waals surface area contributed by atoms with Crippen LogP contribution >= 0.6 is 11.8 Å². The summed E-state index contributed by atoms with van der Waals surface area (Å²) in [7, 11) is 1.52. The first-order valence-corrected chi connectivity index (χ1v) is 10.6. The molecule has 0 saturated heterocycles. The summed E-state index contributed by atoms with van der Waals surface area (Å²) in [5.41, 5.74) is 3.52. The molecule has 0 aromatic heterocycles. The number of anilines is 2. The van der Waals surface area contributed by atoms with Crippen LogP contribution in [0.15, 0.2) is 88.3 Å². The third-order valence-corrected chi connectivity index (χ3v) is 6.07. The van der Waals surface area contributed by atoms with Gasteiger partial charge in [0.2, 0.25) is 0 Å². The Hall–Kier alpha value is -3.51. The number of benzene rings is 3. The van der Waals surface area contributed by atoms with E-state index in [0.29, 0.717) is 16.3 Å². The number of carbonyl (C=O) groups excluding carboxylic acids is 2. The van der Waals surface area contributed by atoms with Crippen LogP contribution in [0.5, 0.6) is 5.75 Å². The smallest absolute Gasteiger partial charge is 0.283 e. The number of aryl methyl sites for hydroxylation is 2. The van der Waals surface area contributed by atoms with Crippen LogP contribution in [0.1, 0.15) is 11.1 Å². The molecule has 6 heteroatoms. The average Bonchev–Trinajstić information content (AvgIpc) is 3.00. The Bertz CT molecular complexity index is 1190. The molecule has 3 aromatic carbocycles. The molecule has 0 spiro atoms. The number of methoxy groups -OCH3 is 1. The van der Waals surface area contributed by atoms with Crippen LogP contribution in [0.25, 0.3) is 0 Å². The van der Waals surface area contributed by atoms with Gasteiger partial charge >= 0.3 is 0 Å². The first-order chi connectivity index (χ1) is 15.0. The van der Waals surface area contributed by atoms with Gasteiger partial charge in [-0.15, -0.1) is 0 Å². The zero-order chi connectivity index (χ0) is 22.0. The van der Waals surface area contributed by atoms with Crippen molar-refractivity contribution in [3.63, 3.8) is 0 Å². The molecule has 0 fully saturated rings. The molecular formula is C25H22N2O3S. The molecule has 1 aliphatic heterocycles. The highest BCUT2D eigenvalue weighted by molar-refractivity contribution is 8.04. The number of thioether (sulfide) groups is 1. The molecule has 1 aliphatic rings. The van der Waals surface area contributed by atoms with E-state index in [1.165, 1.54) is 23.8 Å². The van der Waals surface area contributed by atoms with Crippen molar-refractivity contribution in [2.45, 2.75) is 18.7 Å². The standard InChI is InChI=1S/C25H22N2O3S/c1-16-13-14-17(2)19(15-16)26-22-23(31-18-9-5-4-6-10-18)25(29)27(24(22)28)20-11-7-8-12-21(20)30-3/h4-15,26H,1-3H3. The van der Waals surface area contributed by atoms with Gasteiger partial charge in [-0.25, -0.2) is 4.90 Å². The van der Waals surface area contributed by atoms with Crippen LogP contribution in [0.4, 0.5) is 11.4 Å². The van der Waals surface area contributed by atoms with Crippen LogP contribution in [-0.2, 0) is 9.59 Å². The van der Waals surface area contributed by atoms with E-state index in [-0.39, 0.29) is 11.6 Å². The Morgan fingerprint density at radius 3 is 2.32 bits per heavy atom. The summed E-state index contributed by atoms with van der Waals surface area (Å²) >= 11 is 1.28. The highest BCUT2D eigenvalue weighted by Gasteiger charge is 2.41. The number of hydrogen-bond acceptors (Lipinski definition) is 5. The number of amides is 2. The molecule has 0 bridgehead atoms. The van der Waals surface area contributed by atoms with Gasteiger partial charge in [0.1, 0.15) is 16.4 Å². The molecule has 1 N–H and O–H groups in total. The maximum absolute atomic E-state index is 13.5. The summed E-state index contributed by atoms with van der Waals surface area (Å²) in [6.45, 7) is 3.95. The monoisotopic (exact) mass is 430 g/mol. The van der Waals surface area contributed by atoms with Gasteiger partial charge in [-0.05, 0) is 55.3 Å². The fourth-order valence-electron chi connectivity index (χ4n) is 3.36. The highest BCUT2D eigenvalue weighted by Crippen LogP contribution is 2.40. The topological polar surface area (TPSA) is 58.6 Å². The predicted molar refractivity (Wildman–Crippen MR) is 124 cm³/mol. The summed E-state index contributed by atoms with van der Waals surface area (Å²) in [5, 5.41) is 3.24. The van der Waals surface area contributed by atoms with Crippen molar-refractivity contribution in [1.29, 1.82) is 0 Å². The van der Waals surface area contributed by atoms with Gasteiger partial charge < -0.3 is 10.1 Å². The number of ether oxygens (including phenoxy) is 1. The van der Waals surface area contributed by atoms with E-state index in [1.807, 2.05) is 62.4 Å². The van der Waals surface area contributed by atoms with Crippen LogP contribution in [0.3, 0.4) is 0 Å². The Kier molecular flexibility index (Phi) is 5.82. The Balaban J connectivity index is 1.80. The van der Waals surface area contributed by atoms with E-state index in [2.05, 4.69) is 5.32 Å². The van der Waals surface area contributed by atoms with Gasteiger partial charge in [-0.3, -0.25) is 9.59 Å². The summed E-state index contributed by atoms with van der Waals surface area (Å²) in [5.74, 6) is -0.328. The Morgan fingerprint density at radius 1 is 0.871 bits per heavy atom. The van der Waals surface area contributed by atoms with E-state index >= 15 is 0 Å². The highest BCUT2D eigenvalue weighted by atomic mass is 32.2. The zero-order valence-corrected chi connectivity index (χ0v) is 18.3. The van der Waals surface area contributed by atoms with Crippen molar-refractivity contribution in [2.75, 3.05) is 17.3 Å². The molecule has 31 heavy (non-hydrogen) atoms. The van der Waals surface area contributed by atoms with Crippen molar-refractivity contribution < 1.29 is 14.3 Å². The van der Waals surface area contributed by atoms with Gasteiger partial charge in [-0.1, -0.05) is 54.2 Å². The molecule has 0 unspecified atom stereocenters. The van der Waals surface area contributed by atoms with Crippen molar-refractivity contribution in [3.05, 3.63) is 94.5 Å². The molecule has 1 heterocycles. The van der Waals surface area contributed by atoms with Crippen molar-refractivity contribution in [1.82, 2.24) is 0 Å². The van der Waals surface area contributed by atoms with Crippen molar-refractivity contribution in [2.24, 2.45) is 0 Å². The third kappa shape index (κ3) is 4.07. The number of nitrogens with zero attached hydrogens (tertiary/aromatic N) is 1. The molecule has 0 radical (unpaired) electrons. The van der Waals surface area contributed by atoms with Crippen molar-refractivity contribution in [3.8, 4) is 5.75 Å². The first kappa shape index (κ1) is 20.8. The SMILES string of the molecule is COc1ccccc1N1C(=O)C(Nc2cc(C)ccc2C)=C(Sc2ccccc2)C1=O. The molecule has 0 aliphatic carbocycles. The number of nitrogens with one attached hydrogen (secondary N) is 1. The summed E-state index contributed by atoms with van der Waals surface area (Å²) in [6.07, 6.45) is 0. The average molecular weight is 431 g/mol. The van der Waals surface area contributed by atoms with Gasteiger partial charge in [0.15, 0.2) is 0 Å². The first-order valence-electron chi connectivity index (χ1n) is 9.83. The van der Waals surface area contributed by atoms with E-state index in [0.717, 1.165) is 21.7 Å². The normalized spacial score (nSPS) is 13.7. The van der Waals surface area contributed by atoms with Gasteiger partial charge in [-0.2, -0.15) is 0 Å². The van der Waals surface area contributed by atoms with Crippen LogP contribution < -0.4 is 15.0 Å². The zero-order valence-electron chi connectivity index (χ0n) is 17.5. The quantitative estimate of drug-likeness (QED) is 0.538. The summed E-state index contributed by atoms with van der Waals surface area (Å²) in [4.78, 5) is 29.4. The molecule has 5 nitrogen and oxygen atoms in total. The van der Waals surface area contributed by atoms with Crippen molar-refractivity contribution >= 4 is 35.0 Å². The largest absolute Gasteiger partial charge is 0.495 e. The molecular weight excluding hydrogens is 408 g/mol. The number of para-hydroxylation sites is 2. The maximum Gasteiger partial charge on any atom is 0.283 e. The molecule has 4 rings (SSSR count). The second-order valence-electron chi connectivity index (χ2n) is 7.18. The van der Waals surface area contributed by atoms with Gasteiger partial charge in [0.05, 0.1) is 12.8 Å². The van der Waals surface area contributed by atoms with Crippen LogP contribution in [0, 0.1) is 13.8 Å². The summed E-state index contributed by atoms with van der Waals surface area (Å²) < 4.78 is 5.40. The summed E-state index contributed by atoms with van der Waals surface area (Å²) in [6, 6.07) is 22.5. The number of rotatable bonds is 6. The van der Waals surface area contributed by atoms with Crippen LogP contribution in [-0.4, -0.2) is 18.9 Å². The lowest BCUT2D eigenvalue weighted by molar-refractivity contribution is -0.120. The fourth-order valence-corrected chi connectivity index (χ4v) is 4.31. The van der Waals surface area contributed by atoms with Gasteiger partial charge in [0, 0.05) is 10.6 Å². The predicted octanol–water partition coefficient (Wildman–Crippen LogP) is 5.30. The lowest BCUT2D eigenvalue weighted by atomic mass is 10.1. The number of imide groups is 1. The van der Waals surface area contributed by atoms with Crippen LogP contribution in [0.2, 0.25) is 0 Å². The van der Waals surface area contributed by atoms with E-state index < -0.39 is 5.91 Å². The Labute approximate surface area is 185 Å². The lowest BCUT2D eigenvalue weighted by Gasteiger charge is -2.18. The number of hydrogen-bond donors (Lipinski definition) is 1. The molecule has 0 saturated carbocycles. The second kappa shape index (κ2) is 8.70. The molecule has 3 aromatic rings.